The summed E-state index contributed by atoms with van der Waals surface area (Å²) in [6.07, 6.45) is -0.741. The van der Waals surface area contributed by atoms with Gasteiger partial charge in [0.2, 0.25) is 0 Å². The minimum Gasteiger partial charge on any atom is -0.485 e. The van der Waals surface area contributed by atoms with E-state index >= 15 is 0 Å². The summed E-state index contributed by atoms with van der Waals surface area (Å²) in [5.74, 6) is 0.291. The minimum atomic E-state index is -0.638. The Kier molecular flexibility index (Phi) is 3.29. The Morgan fingerprint density at radius 1 is 1.16 bits per heavy atom. The molecule has 0 bridgehead atoms. The Morgan fingerprint density at radius 3 is 2.74 bits per heavy atom. The highest BCUT2D eigenvalue weighted by molar-refractivity contribution is 9.10. The topological polar surface area (TPSA) is 29.5 Å². The molecule has 2 aromatic carbocycles. The molecule has 1 aliphatic heterocycles. The Bertz CT molecular complexity index is 615. The van der Waals surface area contributed by atoms with Crippen LogP contribution in [0.2, 0.25) is 0 Å². The van der Waals surface area contributed by atoms with Gasteiger partial charge < -0.3 is 9.84 Å². The Labute approximate surface area is 119 Å². The summed E-state index contributed by atoms with van der Waals surface area (Å²) in [5.41, 5.74) is 1.22. The Hall–Kier alpha value is -1.39. The zero-order valence-corrected chi connectivity index (χ0v) is 11.6. The summed E-state index contributed by atoms with van der Waals surface area (Å²) in [6, 6.07) is 12.0. The van der Waals surface area contributed by atoms with E-state index in [4.69, 9.17) is 4.74 Å². The van der Waals surface area contributed by atoms with Crippen molar-refractivity contribution in [3.05, 3.63) is 63.9 Å². The maximum absolute atomic E-state index is 13.8. The van der Waals surface area contributed by atoms with Crippen LogP contribution in [0.25, 0.3) is 0 Å². The van der Waals surface area contributed by atoms with E-state index in [-0.39, 0.29) is 5.82 Å². The normalized spacial score (nSPS) is 21.6. The quantitative estimate of drug-likeness (QED) is 0.854. The smallest absolute Gasteiger partial charge is 0.130 e. The lowest BCUT2D eigenvalue weighted by atomic mass is 9.95. The van der Waals surface area contributed by atoms with Crippen LogP contribution >= 0.6 is 15.9 Å². The SMILES string of the molecule is O[C@@H]1CC(c2ccccc2F)Oc2cc(Br)ccc21. The largest absolute Gasteiger partial charge is 0.485 e. The number of aliphatic hydroxyl groups is 1. The lowest BCUT2D eigenvalue weighted by molar-refractivity contribution is 0.0639. The average molecular weight is 323 g/mol. The van der Waals surface area contributed by atoms with Crippen LogP contribution in [0.3, 0.4) is 0 Å². The van der Waals surface area contributed by atoms with Crippen LogP contribution in [-0.2, 0) is 0 Å². The number of halogens is 2. The van der Waals surface area contributed by atoms with Crippen molar-refractivity contribution < 1.29 is 14.2 Å². The fourth-order valence-electron chi connectivity index (χ4n) is 2.34. The van der Waals surface area contributed by atoms with E-state index in [0.717, 1.165) is 10.0 Å². The first-order valence-corrected chi connectivity index (χ1v) is 6.83. The first-order chi connectivity index (χ1) is 9.15. The molecule has 0 fully saturated rings. The van der Waals surface area contributed by atoms with Crippen LogP contribution in [0.15, 0.2) is 46.9 Å². The van der Waals surface area contributed by atoms with E-state index in [0.29, 0.717) is 17.7 Å². The predicted octanol–water partition coefficient (Wildman–Crippen LogP) is 4.15. The van der Waals surface area contributed by atoms with Gasteiger partial charge in [0.05, 0.1) is 6.10 Å². The molecule has 2 atom stereocenters. The molecule has 0 aliphatic carbocycles. The van der Waals surface area contributed by atoms with Gasteiger partial charge in [-0.3, -0.25) is 0 Å². The van der Waals surface area contributed by atoms with Crippen molar-refractivity contribution in [1.82, 2.24) is 0 Å². The molecule has 3 rings (SSSR count). The van der Waals surface area contributed by atoms with Gasteiger partial charge in [0.25, 0.3) is 0 Å². The third-order valence-electron chi connectivity index (χ3n) is 3.29. The minimum absolute atomic E-state index is 0.307. The van der Waals surface area contributed by atoms with E-state index in [1.807, 2.05) is 12.1 Å². The molecule has 0 spiro atoms. The number of hydrogen-bond acceptors (Lipinski definition) is 2. The van der Waals surface area contributed by atoms with Crippen molar-refractivity contribution in [1.29, 1.82) is 0 Å². The van der Waals surface area contributed by atoms with Crippen molar-refractivity contribution in [3.8, 4) is 5.75 Å². The van der Waals surface area contributed by atoms with E-state index in [9.17, 15) is 9.50 Å². The molecule has 2 nitrogen and oxygen atoms in total. The Morgan fingerprint density at radius 2 is 1.95 bits per heavy atom. The van der Waals surface area contributed by atoms with Gasteiger partial charge in [-0.05, 0) is 18.2 Å². The summed E-state index contributed by atoms with van der Waals surface area (Å²) < 4.78 is 20.5. The number of rotatable bonds is 1. The highest BCUT2D eigenvalue weighted by Gasteiger charge is 2.29. The van der Waals surface area contributed by atoms with E-state index < -0.39 is 12.2 Å². The van der Waals surface area contributed by atoms with Gasteiger partial charge in [-0.1, -0.05) is 40.2 Å². The zero-order chi connectivity index (χ0) is 13.4. The second-order valence-electron chi connectivity index (χ2n) is 4.56. The van der Waals surface area contributed by atoms with Crippen LogP contribution in [0, 0.1) is 5.82 Å². The fourth-order valence-corrected chi connectivity index (χ4v) is 2.68. The van der Waals surface area contributed by atoms with Crippen LogP contribution in [0.1, 0.15) is 29.8 Å². The summed E-state index contributed by atoms with van der Waals surface area (Å²) >= 11 is 3.37. The Balaban J connectivity index is 1.99. The molecule has 1 unspecified atom stereocenters. The number of benzene rings is 2. The number of ether oxygens (including phenoxy) is 1. The lowest BCUT2D eigenvalue weighted by Gasteiger charge is -2.30. The summed E-state index contributed by atoms with van der Waals surface area (Å²) in [6.45, 7) is 0. The van der Waals surface area contributed by atoms with Crippen molar-refractivity contribution in [3.63, 3.8) is 0 Å². The highest BCUT2D eigenvalue weighted by Crippen LogP contribution is 2.42. The molecule has 98 valence electrons. The van der Waals surface area contributed by atoms with Gasteiger partial charge in [-0.2, -0.15) is 0 Å². The molecule has 19 heavy (non-hydrogen) atoms. The zero-order valence-electron chi connectivity index (χ0n) is 10.0. The van der Waals surface area contributed by atoms with Crippen LogP contribution in [0.4, 0.5) is 4.39 Å². The maximum atomic E-state index is 13.8. The maximum Gasteiger partial charge on any atom is 0.130 e. The van der Waals surface area contributed by atoms with Crippen molar-refractivity contribution in [2.75, 3.05) is 0 Å². The molecule has 0 amide bonds. The molecule has 1 N–H and O–H groups in total. The van der Waals surface area contributed by atoms with Gasteiger partial charge in [0, 0.05) is 22.0 Å². The second-order valence-corrected chi connectivity index (χ2v) is 5.48. The molecule has 1 aliphatic rings. The molecule has 0 saturated carbocycles. The molecule has 0 aromatic heterocycles. The second kappa shape index (κ2) is 4.94. The number of hydrogen-bond donors (Lipinski definition) is 1. The lowest BCUT2D eigenvalue weighted by Crippen LogP contribution is -2.19. The fraction of sp³-hybridized carbons (Fsp3) is 0.200. The molecule has 0 radical (unpaired) electrons. The van der Waals surface area contributed by atoms with Gasteiger partial charge in [-0.25, -0.2) is 4.39 Å². The van der Waals surface area contributed by atoms with Gasteiger partial charge >= 0.3 is 0 Å². The monoisotopic (exact) mass is 322 g/mol. The van der Waals surface area contributed by atoms with Crippen LogP contribution in [0.5, 0.6) is 5.75 Å². The van der Waals surface area contributed by atoms with Crippen molar-refractivity contribution >= 4 is 15.9 Å². The van der Waals surface area contributed by atoms with Crippen LogP contribution < -0.4 is 4.74 Å². The van der Waals surface area contributed by atoms with E-state index in [1.165, 1.54) is 6.07 Å². The average Bonchev–Trinajstić information content (AvgIpc) is 2.38. The summed E-state index contributed by atoms with van der Waals surface area (Å²) in [4.78, 5) is 0. The summed E-state index contributed by atoms with van der Waals surface area (Å²) in [7, 11) is 0. The molecular weight excluding hydrogens is 311 g/mol. The first-order valence-electron chi connectivity index (χ1n) is 6.04. The third kappa shape index (κ3) is 2.38. The predicted molar refractivity (Wildman–Crippen MR) is 73.5 cm³/mol. The van der Waals surface area contributed by atoms with Gasteiger partial charge in [0.1, 0.15) is 17.7 Å². The number of aliphatic hydroxyl groups excluding tert-OH is 1. The van der Waals surface area contributed by atoms with Crippen molar-refractivity contribution in [2.24, 2.45) is 0 Å². The number of fused-ring (bicyclic) bond motifs is 1. The molecular formula is C15H12BrFO2. The molecule has 2 aromatic rings. The van der Waals surface area contributed by atoms with Crippen LogP contribution in [-0.4, -0.2) is 5.11 Å². The van der Waals surface area contributed by atoms with Crippen molar-refractivity contribution in [2.45, 2.75) is 18.6 Å². The van der Waals surface area contributed by atoms with E-state index in [1.54, 1.807) is 24.3 Å². The molecule has 1 heterocycles. The third-order valence-corrected chi connectivity index (χ3v) is 3.79. The standard InChI is InChI=1S/C15H12BrFO2/c16-9-5-6-11-13(18)8-15(19-14(11)7-9)10-3-1-2-4-12(10)17/h1-7,13,15,18H,8H2/t13-,15?/m1/s1. The molecule has 4 heteroatoms. The molecule has 0 saturated heterocycles. The van der Waals surface area contributed by atoms with Gasteiger partial charge in [-0.15, -0.1) is 0 Å². The summed E-state index contributed by atoms with van der Waals surface area (Å²) in [5, 5.41) is 10.2. The highest BCUT2D eigenvalue weighted by atomic mass is 79.9. The first kappa shape index (κ1) is 12.6. The van der Waals surface area contributed by atoms with E-state index in [2.05, 4.69) is 15.9 Å². The van der Waals surface area contributed by atoms with Gasteiger partial charge in [0.15, 0.2) is 0 Å².